The molecule has 0 saturated carbocycles. The number of carbonyl (C=O) groups is 1. The number of nitrogens with zero attached hydrogens (tertiary/aromatic N) is 2. The van der Waals surface area contributed by atoms with Gasteiger partial charge in [0.05, 0.1) is 5.56 Å². The molecule has 1 saturated heterocycles. The SMILES string of the molecule is O=C(Nc1ccc2c(c1)OCO2)N[C@H]1CCN(c2ccc(C(F)(F)F)cn2)C1. The first-order valence-corrected chi connectivity index (χ1v) is 8.64. The summed E-state index contributed by atoms with van der Waals surface area (Å²) in [6, 6.07) is 6.94. The number of aromatic nitrogens is 1. The minimum atomic E-state index is -4.41. The standard InChI is InChI=1S/C18H17F3N4O3/c19-18(20,21)11-1-4-16(22-8-11)25-6-5-13(9-25)24-17(26)23-12-2-3-14-15(7-12)28-10-27-14/h1-4,7-8,13H,5-6,9-10H2,(H2,23,24,26)/t13-/m0/s1. The van der Waals surface area contributed by atoms with E-state index in [2.05, 4.69) is 15.6 Å². The Morgan fingerprint density at radius 3 is 2.75 bits per heavy atom. The van der Waals surface area contributed by atoms with E-state index in [0.717, 1.165) is 12.3 Å². The quantitative estimate of drug-likeness (QED) is 0.836. The summed E-state index contributed by atoms with van der Waals surface area (Å²) in [5.41, 5.74) is -0.214. The number of rotatable bonds is 3. The molecule has 28 heavy (non-hydrogen) atoms. The molecule has 0 bridgehead atoms. The van der Waals surface area contributed by atoms with E-state index in [9.17, 15) is 18.0 Å². The third-order valence-electron chi connectivity index (χ3n) is 4.55. The molecule has 0 spiro atoms. The molecule has 2 N–H and O–H groups in total. The molecular formula is C18H17F3N4O3. The van der Waals surface area contributed by atoms with Crippen LogP contribution in [0, 0.1) is 0 Å². The first-order chi connectivity index (χ1) is 13.4. The maximum atomic E-state index is 12.6. The Bertz CT molecular complexity index is 873. The van der Waals surface area contributed by atoms with E-state index in [-0.39, 0.29) is 18.9 Å². The highest BCUT2D eigenvalue weighted by Crippen LogP contribution is 2.34. The lowest BCUT2D eigenvalue weighted by Gasteiger charge is -2.18. The highest BCUT2D eigenvalue weighted by atomic mass is 19.4. The number of amides is 2. The van der Waals surface area contributed by atoms with Crippen molar-refractivity contribution in [1.82, 2.24) is 10.3 Å². The van der Waals surface area contributed by atoms with Crippen LogP contribution in [-0.4, -0.2) is 36.9 Å². The van der Waals surface area contributed by atoms with E-state index >= 15 is 0 Å². The number of ether oxygens (including phenoxy) is 2. The Hall–Kier alpha value is -3.17. The van der Waals surface area contributed by atoms with Gasteiger partial charge in [-0.25, -0.2) is 9.78 Å². The molecule has 10 heteroatoms. The molecule has 1 aromatic carbocycles. The van der Waals surface area contributed by atoms with Crippen LogP contribution >= 0.6 is 0 Å². The number of urea groups is 1. The van der Waals surface area contributed by atoms with Crippen molar-refractivity contribution in [2.24, 2.45) is 0 Å². The van der Waals surface area contributed by atoms with Crippen molar-refractivity contribution >= 4 is 17.5 Å². The number of carbonyl (C=O) groups excluding carboxylic acids is 1. The van der Waals surface area contributed by atoms with Gasteiger partial charge < -0.3 is 25.0 Å². The molecule has 1 fully saturated rings. The topological polar surface area (TPSA) is 75.7 Å². The van der Waals surface area contributed by atoms with Crippen LogP contribution in [0.3, 0.4) is 0 Å². The van der Waals surface area contributed by atoms with E-state index < -0.39 is 11.7 Å². The molecule has 3 heterocycles. The second-order valence-corrected chi connectivity index (χ2v) is 6.50. The fraction of sp³-hybridized carbons (Fsp3) is 0.333. The first-order valence-electron chi connectivity index (χ1n) is 8.64. The van der Waals surface area contributed by atoms with Gasteiger partial charge in [-0.2, -0.15) is 13.2 Å². The molecule has 0 radical (unpaired) electrons. The number of alkyl halides is 3. The predicted molar refractivity (Wildman–Crippen MR) is 94.6 cm³/mol. The lowest BCUT2D eigenvalue weighted by Crippen LogP contribution is -2.39. The Kier molecular flexibility index (Phi) is 4.62. The van der Waals surface area contributed by atoms with Crippen molar-refractivity contribution in [2.45, 2.75) is 18.6 Å². The number of hydrogen-bond donors (Lipinski definition) is 2. The van der Waals surface area contributed by atoms with Crippen LogP contribution < -0.4 is 25.0 Å². The maximum absolute atomic E-state index is 12.6. The van der Waals surface area contributed by atoms with Gasteiger partial charge in [0.15, 0.2) is 11.5 Å². The summed E-state index contributed by atoms with van der Waals surface area (Å²) in [6.07, 6.45) is -2.92. The van der Waals surface area contributed by atoms with Gasteiger partial charge in [0.1, 0.15) is 5.82 Å². The van der Waals surface area contributed by atoms with E-state index in [1.807, 2.05) is 4.90 Å². The largest absolute Gasteiger partial charge is 0.454 e. The summed E-state index contributed by atoms with van der Waals surface area (Å²) >= 11 is 0. The molecular weight excluding hydrogens is 377 g/mol. The molecule has 0 unspecified atom stereocenters. The van der Waals surface area contributed by atoms with E-state index in [1.165, 1.54) is 6.07 Å². The van der Waals surface area contributed by atoms with E-state index in [0.29, 0.717) is 42.5 Å². The fourth-order valence-electron chi connectivity index (χ4n) is 3.15. The van der Waals surface area contributed by atoms with Gasteiger partial charge in [0, 0.05) is 37.1 Å². The number of fused-ring (bicyclic) bond motifs is 1. The minimum Gasteiger partial charge on any atom is -0.454 e. The highest BCUT2D eigenvalue weighted by Gasteiger charge is 2.31. The van der Waals surface area contributed by atoms with Crippen molar-refractivity contribution in [2.75, 3.05) is 30.1 Å². The Morgan fingerprint density at radius 2 is 2.00 bits per heavy atom. The zero-order valence-corrected chi connectivity index (χ0v) is 14.6. The third-order valence-corrected chi connectivity index (χ3v) is 4.55. The van der Waals surface area contributed by atoms with Crippen molar-refractivity contribution in [3.8, 4) is 11.5 Å². The lowest BCUT2D eigenvalue weighted by molar-refractivity contribution is -0.137. The van der Waals surface area contributed by atoms with Gasteiger partial charge in [0.25, 0.3) is 0 Å². The third kappa shape index (κ3) is 3.90. The molecule has 1 aromatic heterocycles. The molecule has 7 nitrogen and oxygen atoms in total. The number of nitrogens with one attached hydrogen (secondary N) is 2. The van der Waals surface area contributed by atoms with Gasteiger partial charge in [-0.1, -0.05) is 0 Å². The monoisotopic (exact) mass is 394 g/mol. The number of anilines is 2. The predicted octanol–water partition coefficient (Wildman–Crippen LogP) is 3.23. The zero-order chi connectivity index (χ0) is 19.7. The second-order valence-electron chi connectivity index (χ2n) is 6.50. The van der Waals surface area contributed by atoms with Gasteiger partial charge in [-0.05, 0) is 30.7 Å². The summed E-state index contributed by atoms with van der Waals surface area (Å²) in [5, 5.41) is 5.59. The summed E-state index contributed by atoms with van der Waals surface area (Å²) in [7, 11) is 0. The lowest BCUT2D eigenvalue weighted by atomic mass is 10.2. The van der Waals surface area contributed by atoms with Crippen LogP contribution in [0.1, 0.15) is 12.0 Å². The Balaban J connectivity index is 1.31. The normalized spacial score (nSPS) is 18.2. The summed E-state index contributed by atoms with van der Waals surface area (Å²) in [4.78, 5) is 17.9. The molecule has 4 rings (SSSR count). The van der Waals surface area contributed by atoms with Gasteiger partial charge in [0.2, 0.25) is 6.79 Å². The van der Waals surface area contributed by atoms with Gasteiger partial charge in [-0.15, -0.1) is 0 Å². The van der Waals surface area contributed by atoms with Crippen molar-refractivity contribution in [3.05, 3.63) is 42.1 Å². The summed E-state index contributed by atoms with van der Waals surface area (Å²) < 4.78 is 48.4. The Morgan fingerprint density at radius 1 is 1.18 bits per heavy atom. The van der Waals surface area contributed by atoms with Gasteiger partial charge in [-0.3, -0.25) is 0 Å². The highest BCUT2D eigenvalue weighted by molar-refractivity contribution is 5.90. The van der Waals surface area contributed by atoms with Crippen molar-refractivity contribution in [1.29, 1.82) is 0 Å². The van der Waals surface area contributed by atoms with Crippen molar-refractivity contribution in [3.63, 3.8) is 0 Å². The maximum Gasteiger partial charge on any atom is 0.417 e. The number of benzene rings is 1. The second kappa shape index (κ2) is 7.10. The van der Waals surface area contributed by atoms with Crippen molar-refractivity contribution < 1.29 is 27.4 Å². The average molecular weight is 394 g/mol. The smallest absolute Gasteiger partial charge is 0.417 e. The molecule has 2 aliphatic heterocycles. The van der Waals surface area contributed by atoms with E-state index in [1.54, 1.807) is 18.2 Å². The number of hydrogen-bond acceptors (Lipinski definition) is 5. The molecule has 2 aromatic rings. The molecule has 0 aliphatic carbocycles. The molecule has 2 amide bonds. The number of pyridine rings is 1. The van der Waals surface area contributed by atoms with Crippen LogP contribution in [0.15, 0.2) is 36.5 Å². The van der Waals surface area contributed by atoms with Crippen LogP contribution in [0.25, 0.3) is 0 Å². The van der Waals surface area contributed by atoms with Gasteiger partial charge >= 0.3 is 12.2 Å². The molecule has 2 aliphatic rings. The summed E-state index contributed by atoms with van der Waals surface area (Å²) in [5.74, 6) is 1.65. The first kappa shape index (κ1) is 18.2. The van der Waals surface area contributed by atoms with Crippen LogP contribution in [0.4, 0.5) is 29.5 Å². The summed E-state index contributed by atoms with van der Waals surface area (Å²) in [6.45, 7) is 1.21. The number of halogens is 3. The van der Waals surface area contributed by atoms with Crippen LogP contribution in [-0.2, 0) is 6.18 Å². The molecule has 148 valence electrons. The Labute approximate surface area is 158 Å². The van der Waals surface area contributed by atoms with E-state index in [4.69, 9.17) is 9.47 Å². The fourth-order valence-corrected chi connectivity index (χ4v) is 3.15. The zero-order valence-electron chi connectivity index (χ0n) is 14.6. The van der Waals surface area contributed by atoms with Crippen LogP contribution in [0.5, 0.6) is 11.5 Å². The average Bonchev–Trinajstić information content (AvgIpc) is 3.30. The minimum absolute atomic E-state index is 0.141. The van der Waals surface area contributed by atoms with Crippen LogP contribution in [0.2, 0.25) is 0 Å². The molecule has 1 atom stereocenters.